The molecule has 0 spiro atoms. The molecule has 0 saturated heterocycles. The number of nitriles is 1. The fourth-order valence-electron chi connectivity index (χ4n) is 1.19. The van der Waals surface area contributed by atoms with Gasteiger partial charge in [-0.2, -0.15) is 5.26 Å². The van der Waals surface area contributed by atoms with Crippen molar-refractivity contribution < 1.29 is 4.79 Å². The first-order valence-electron chi connectivity index (χ1n) is 4.64. The molecule has 0 aliphatic heterocycles. The fourth-order valence-corrected chi connectivity index (χ4v) is 1.77. The lowest BCUT2D eigenvalue weighted by Crippen LogP contribution is -2.27. The van der Waals surface area contributed by atoms with Crippen molar-refractivity contribution in [2.24, 2.45) is 0 Å². The summed E-state index contributed by atoms with van der Waals surface area (Å²) in [4.78, 5) is 13.4. The highest BCUT2D eigenvalue weighted by atomic mass is 79.9. The molecular weight excluding hydrogens is 291 g/mol. The van der Waals surface area contributed by atoms with Crippen LogP contribution in [0, 0.1) is 11.3 Å². The van der Waals surface area contributed by atoms with Crippen molar-refractivity contribution in [3.05, 3.63) is 33.3 Å². The van der Waals surface area contributed by atoms with Gasteiger partial charge in [0.1, 0.15) is 0 Å². The smallest absolute Gasteiger partial charge is 0.255 e. The van der Waals surface area contributed by atoms with Crippen LogP contribution in [0.3, 0.4) is 0 Å². The monoisotopic (exact) mass is 300 g/mol. The van der Waals surface area contributed by atoms with E-state index in [0.29, 0.717) is 28.0 Å². The molecule has 84 valence electrons. The number of halogens is 2. The highest BCUT2D eigenvalue weighted by Gasteiger charge is 2.15. The van der Waals surface area contributed by atoms with E-state index in [4.69, 9.17) is 16.9 Å². The molecule has 0 saturated carbocycles. The van der Waals surface area contributed by atoms with Crippen LogP contribution in [0.15, 0.2) is 22.7 Å². The molecule has 0 atom stereocenters. The second kappa shape index (κ2) is 5.88. The van der Waals surface area contributed by atoms with E-state index in [9.17, 15) is 4.79 Å². The number of carbonyl (C=O) groups excluding carboxylic acids is 1. The summed E-state index contributed by atoms with van der Waals surface area (Å²) in [7, 11) is 1.65. The zero-order valence-corrected chi connectivity index (χ0v) is 11.0. The van der Waals surface area contributed by atoms with Crippen molar-refractivity contribution in [3.8, 4) is 6.07 Å². The van der Waals surface area contributed by atoms with Gasteiger partial charge in [-0.25, -0.2) is 0 Å². The SMILES string of the molecule is CN(CCC#N)C(=O)c1cccc(Br)c1Cl. The summed E-state index contributed by atoms with van der Waals surface area (Å²) in [6, 6.07) is 7.18. The lowest BCUT2D eigenvalue weighted by molar-refractivity contribution is 0.0798. The fraction of sp³-hybridized carbons (Fsp3) is 0.273. The van der Waals surface area contributed by atoms with Crippen LogP contribution in [0.4, 0.5) is 0 Å². The Balaban J connectivity index is 2.89. The van der Waals surface area contributed by atoms with Crippen molar-refractivity contribution in [2.45, 2.75) is 6.42 Å². The van der Waals surface area contributed by atoms with E-state index in [1.165, 1.54) is 4.90 Å². The maximum absolute atomic E-state index is 11.9. The van der Waals surface area contributed by atoms with Crippen molar-refractivity contribution in [3.63, 3.8) is 0 Å². The maximum atomic E-state index is 11.9. The van der Waals surface area contributed by atoms with Gasteiger partial charge in [0.25, 0.3) is 5.91 Å². The van der Waals surface area contributed by atoms with Crippen LogP contribution in [0.1, 0.15) is 16.8 Å². The Morgan fingerprint density at radius 3 is 2.94 bits per heavy atom. The van der Waals surface area contributed by atoms with E-state index in [1.807, 2.05) is 6.07 Å². The first kappa shape index (κ1) is 13.0. The number of amides is 1. The van der Waals surface area contributed by atoms with Gasteiger partial charge in [-0.3, -0.25) is 4.79 Å². The third kappa shape index (κ3) is 2.97. The minimum atomic E-state index is -0.179. The third-order valence-electron chi connectivity index (χ3n) is 2.09. The zero-order valence-electron chi connectivity index (χ0n) is 8.70. The Bertz CT molecular complexity index is 442. The van der Waals surface area contributed by atoms with Gasteiger partial charge in [0.05, 0.1) is 23.1 Å². The van der Waals surface area contributed by atoms with Crippen molar-refractivity contribution in [1.82, 2.24) is 4.90 Å². The van der Waals surface area contributed by atoms with E-state index in [1.54, 1.807) is 25.2 Å². The molecule has 0 unspecified atom stereocenters. The molecule has 0 N–H and O–H groups in total. The van der Waals surface area contributed by atoms with Gasteiger partial charge in [0.2, 0.25) is 0 Å². The van der Waals surface area contributed by atoms with Gasteiger partial charge in [0.15, 0.2) is 0 Å². The molecule has 1 aromatic rings. The number of carbonyl (C=O) groups is 1. The minimum absolute atomic E-state index is 0.179. The van der Waals surface area contributed by atoms with Crippen molar-refractivity contribution in [1.29, 1.82) is 5.26 Å². The van der Waals surface area contributed by atoms with Crippen molar-refractivity contribution in [2.75, 3.05) is 13.6 Å². The lowest BCUT2D eigenvalue weighted by Gasteiger charge is -2.16. The molecule has 0 bridgehead atoms. The van der Waals surface area contributed by atoms with Gasteiger partial charge in [-0.15, -0.1) is 0 Å². The lowest BCUT2D eigenvalue weighted by atomic mass is 10.2. The second-order valence-electron chi connectivity index (χ2n) is 3.24. The van der Waals surface area contributed by atoms with Crippen molar-refractivity contribution >= 4 is 33.4 Å². The summed E-state index contributed by atoms with van der Waals surface area (Å²) in [5.41, 5.74) is 0.441. The van der Waals surface area contributed by atoms with Crippen LogP contribution in [0.5, 0.6) is 0 Å². The highest BCUT2D eigenvalue weighted by molar-refractivity contribution is 9.10. The molecule has 1 amide bonds. The summed E-state index contributed by atoms with van der Waals surface area (Å²) < 4.78 is 0.689. The number of hydrogen-bond donors (Lipinski definition) is 0. The molecule has 0 aliphatic carbocycles. The van der Waals surface area contributed by atoms with Crippen LogP contribution >= 0.6 is 27.5 Å². The Hall–Kier alpha value is -1.05. The summed E-state index contributed by atoms with van der Waals surface area (Å²) in [5.74, 6) is -0.179. The van der Waals surface area contributed by atoms with E-state index >= 15 is 0 Å². The van der Waals surface area contributed by atoms with E-state index in [2.05, 4.69) is 15.9 Å². The van der Waals surface area contributed by atoms with E-state index in [-0.39, 0.29) is 5.91 Å². The zero-order chi connectivity index (χ0) is 12.1. The molecule has 1 rings (SSSR count). The predicted octanol–water partition coefficient (Wildman–Crippen LogP) is 3.09. The Morgan fingerprint density at radius 2 is 2.31 bits per heavy atom. The predicted molar refractivity (Wildman–Crippen MR) is 66.3 cm³/mol. The summed E-state index contributed by atoms with van der Waals surface area (Å²) in [6.45, 7) is 0.401. The molecular formula is C11H10BrClN2O. The van der Waals surface area contributed by atoms with E-state index in [0.717, 1.165) is 0 Å². The molecule has 0 aromatic heterocycles. The number of rotatable bonds is 3. The quantitative estimate of drug-likeness (QED) is 0.861. The van der Waals surface area contributed by atoms with Gasteiger partial charge < -0.3 is 4.90 Å². The van der Waals surface area contributed by atoms with Gasteiger partial charge in [-0.05, 0) is 28.1 Å². The summed E-state index contributed by atoms with van der Waals surface area (Å²) in [6.07, 6.45) is 0.313. The topological polar surface area (TPSA) is 44.1 Å². The standard InChI is InChI=1S/C11H10BrClN2O/c1-15(7-3-6-14)11(16)8-4-2-5-9(12)10(8)13/h2,4-5H,3,7H2,1H3. The molecule has 0 fully saturated rings. The second-order valence-corrected chi connectivity index (χ2v) is 4.47. The molecule has 5 heteroatoms. The van der Waals surface area contributed by atoms with Crippen LogP contribution in [0.25, 0.3) is 0 Å². The number of hydrogen-bond acceptors (Lipinski definition) is 2. The maximum Gasteiger partial charge on any atom is 0.255 e. The summed E-state index contributed by atoms with van der Waals surface area (Å²) >= 11 is 9.27. The summed E-state index contributed by atoms with van der Waals surface area (Å²) in [5, 5.41) is 8.84. The number of benzene rings is 1. The average Bonchev–Trinajstić information content (AvgIpc) is 2.28. The Labute approximate surface area is 108 Å². The normalized spacial score (nSPS) is 9.62. The minimum Gasteiger partial charge on any atom is -0.341 e. The molecule has 1 aromatic carbocycles. The third-order valence-corrected chi connectivity index (χ3v) is 3.38. The van der Waals surface area contributed by atoms with Gasteiger partial charge in [0, 0.05) is 18.1 Å². The Kier molecular flexibility index (Phi) is 4.78. The van der Waals surface area contributed by atoms with Crippen LogP contribution in [0.2, 0.25) is 5.02 Å². The first-order valence-corrected chi connectivity index (χ1v) is 5.81. The molecule has 0 heterocycles. The molecule has 0 radical (unpaired) electrons. The van der Waals surface area contributed by atoms with Crippen LogP contribution in [-0.2, 0) is 0 Å². The molecule has 0 aliphatic rings. The average molecular weight is 302 g/mol. The highest BCUT2D eigenvalue weighted by Crippen LogP contribution is 2.26. The van der Waals surface area contributed by atoms with Gasteiger partial charge in [-0.1, -0.05) is 17.7 Å². The molecule has 16 heavy (non-hydrogen) atoms. The first-order chi connectivity index (χ1) is 7.57. The van der Waals surface area contributed by atoms with Crippen LogP contribution in [-0.4, -0.2) is 24.4 Å². The largest absolute Gasteiger partial charge is 0.341 e. The molecule has 3 nitrogen and oxygen atoms in total. The van der Waals surface area contributed by atoms with E-state index < -0.39 is 0 Å². The van der Waals surface area contributed by atoms with Gasteiger partial charge >= 0.3 is 0 Å². The Morgan fingerprint density at radius 1 is 1.62 bits per heavy atom. The number of nitrogens with zero attached hydrogens (tertiary/aromatic N) is 2. The van der Waals surface area contributed by atoms with Crippen LogP contribution < -0.4 is 0 Å².